The van der Waals surface area contributed by atoms with Crippen LogP contribution in [0.25, 0.3) is 20.8 Å². The Morgan fingerprint density at radius 3 is 2.56 bits per heavy atom. The summed E-state index contributed by atoms with van der Waals surface area (Å²) in [5, 5.41) is 3.95. The van der Waals surface area contributed by atoms with Crippen molar-refractivity contribution in [2.24, 2.45) is 0 Å². The minimum Gasteiger partial charge on any atom is -0.494 e. The highest BCUT2D eigenvalue weighted by Crippen LogP contribution is 2.42. The number of hydrogen-bond donors (Lipinski definition) is 0. The third-order valence-electron chi connectivity index (χ3n) is 5.98. The fraction of sp³-hybridized carbons (Fsp3) is 0.522. The van der Waals surface area contributed by atoms with Gasteiger partial charge in [-0.1, -0.05) is 11.3 Å². The molecule has 170 valence electrons. The predicted octanol–water partition coefficient (Wildman–Crippen LogP) is 5.41. The number of methoxy groups -OCH3 is 1. The van der Waals surface area contributed by atoms with Crippen LogP contribution >= 0.6 is 22.7 Å². The number of nitrogens with zero attached hydrogens (tertiary/aromatic N) is 4. The molecule has 5 rings (SSSR count). The summed E-state index contributed by atoms with van der Waals surface area (Å²) in [6, 6.07) is 4.32. The fourth-order valence-corrected chi connectivity index (χ4v) is 6.52. The van der Waals surface area contributed by atoms with Crippen LogP contribution in [0.1, 0.15) is 40.0 Å². The standard InChI is InChI=1S/C23H28N4O3S2/c1-23(2,3)30-22(28)27-14-6-5-7-15(27)13-26(12-14)21-25-18-17(29-4)9-8-16(19(18)32-21)20-24-10-11-31-20/h8-11,14-15H,5-7,12-13H2,1-4H3. The van der Waals surface area contributed by atoms with Gasteiger partial charge in [-0.05, 0) is 52.2 Å². The van der Waals surface area contributed by atoms with Crippen molar-refractivity contribution in [1.82, 2.24) is 14.9 Å². The second kappa shape index (κ2) is 8.19. The molecule has 1 aromatic carbocycles. The number of aromatic nitrogens is 2. The summed E-state index contributed by atoms with van der Waals surface area (Å²) in [7, 11) is 1.68. The van der Waals surface area contributed by atoms with Crippen LogP contribution in [0.15, 0.2) is 23.7 Å². The summed E-state index contributed by atoms with van der Waals surface area (Å²) < 4.78 is 12.4. The summed E-state index contributed by atoms with van der Waals surface area (Å²) in [5.74, 6) is 0.774. The second-order valence-electron chi connectivity index (χ2n) is 9.36. The van der Waals surface area contributed by atoms with Crippen molar-refractivity contribution >= 4 is 44.1 Å². The highest BCUT2D eigenvalue weighted by atomic mass is 32.1. The number of carbonyl (C=O) groups excluding carboxylic acids is 1. The number of rotatable bonds is 3. The lowest BCUT2D eigenvalue weighted by molar-refractivity contribution is -0.00969. The third kappa shape index (κ3) is 3.92. The molecule has 32 heavy (non-hydrogen) atoms. The van der Waals surface area contributed by atoms with Crippen LogP contribution in [-0.2, 0) is 4.74 Å². The van der Waals surface area contributed by atoms with Crippen molar-refractivity contribution in [1.29, 1.82) is 0 Å². The van der Waals surface area contributed by atoms with Gasteiger partial charge in [-0.15, -0.1) is 11.3 Å². The highest BCUT2D eigenvalue weighted by molar-refractivity contribution is 7.23. The zero-order valence-electron chi connectivity index (χ0n) is 18.8. The first kappa shape index (κ1) is 21.5. The maximum absolute atomic E-state index is 12.9. The molecule has 2 aromatic heterocycles. The van der Waals surface area contributed by atoms with E-state index in [4.69, 9.17) is 14.5 Å². The van der Waals surface area contributed by atoms with Gasteiger partial charge in [-0.25, -0.2) is 14.8 Å². The molecule has 9 heteroatoms. The largest absolute Gasteiger partial charge is 0.494 e. The average Bonchev–Trinajstić information content (AvgIpc) is 3.41. The summed E-state index contributed by atoms with van der Waals surface area (Å²) in [6.07, 6.45) is 4.76. The van der Waals surface area contributed by atoms with Crippen molar-refractivity contribution in [3.63, 3.8) is 0 Å². The van der Waals surface area contributed by atoms with Crippen molar-refractivity contribution in [2.75, 3.05) is 25.1 Å². The second-order valence-corrected chi connectivity index (χ2v) is 11.2. The molecular weight excluding hydrogens is 444 g/mol. The number of piperazine rings is 1. The van der Waals surface area contributed by atoms with E-state index in [9.17, 15) is 4.79 Å². The van der Waals surface area contributed by atoms with E-state index in [1.54, 1.807) is 29.8 Å². The van der Waals surface area contributed by atoms with Gasteiger partial charge >= 0.3 is 6.09 Å². The van der Waals surface area contributed by atoms with E-state index >= 15 is 0 Å². The number of hydrogen-bond acceptors (Lipinski definition) is 8. The molecule has 2 bridgehead atoms. The van der Waals surface area contributed by atoms with Crippen LogP contribution in [0.2, 0.25) is 0 Å². The summed E-state index contributed by atoms with van der Waals surface area (Å²) in [6.45, 7) is 7.30. The van der Waals surface area contributed by atoms with Gasteiger partial charge in [-0.2, -0.15) is 0 Å². The smallest absolute Gasteiger partial charge is 0.410 e. The number of carbonyl (C=O) groups is 1. The molecule has 2 aliphatic heterocycles. The number of fused-ring (bicyclic) bond motifs is 3. The molecule has 2 atom stereocenters. The third-order valence-corrected chi connectivity index (χ3v) is 7.93. The van der Waals surface area contributed by atoms with E-state index in [0.717, 1.165) is 64.0 Å². The lowest BCUT2D eigenvalue weighted by atomic mass is 9.92. The average molecular weight is 473 g/mol. The zero-order chi connectivity index (χ0) is 22.5. The van der Waals surface area contributed by atoms with Crippen LogP contribution in [0.3, 0.4) is 0 Å². The number of thiazole rings is 2. The molecule has 2 unspecified atom stereocenters. The van der Waals surface area contributed by atoms with E-state index in [1.165, 1.54) is 0 Å². The van der Waals surface area contributed by atoms with Gasteiger partial charge in [0.05, 0.1) is 23.9 Å². The van der Waals surface area contributed by atoms with Crippen molar-refractivity contribution in [3.8, 4) is 16.3 Å². The number of benzene rings is 1. The Labute approximate surface area is 196 Å². The Morgan fingerprint density at radius 2 is 1.94 bits per heavy atom. The SMILES string of the molecule is COc1ccc(-c2nccs2)c2sc(N3CC4CCCC(C3)N4C(=O)OC(C)(C)C)nc12. The van der Waals surface area contributed by atoms with Crippen molar-refractivity contribution < 1.29 is 14.3 Å². The predicted molar refractivity (Wildman–Crippen MR) is 129 cm³/mol. The molecule has 0 spiro atoms. The molecule has 2 saturated heterocycles. The van der Waals surface area contributed by atoms with Crippen LogP contribution < -0.4 is 9.64 Å². The van der Waals surface area contributed by atoms with Crippen molar-refractivity contribution in [3.05, 3.63) is 23.7 Å². The molecule has 0 saturated carbocycles. The minimum atomic E-state index is -0.488. The topological polar surface area (TPSA) is 67.8 Å². The first-order chi connectivity index (χ1) is 15.3. The van der Waals surface area contributed by atoms with Gasteiger partial charge in [0.2, 0.25) is 0 Å². The van der Waals surface area contributed by atoms with Crippen LogP contribution in [0.4, 0.5) is 9.93 Å². The van der Waals surface area contributed by atoms with Crippen LogP contribution in [-0.4, -0.2) is 58.8 Å². The van der Waals surface area contributed by atoms with E-state index in [-0.39, 0.29) is 18.2 Å². The minimum absolute atomic E-state index is 0.143. The molecule has 3 aromatic rings. The molecule has 4 heterocycles. The number of anilines is 1. The maximum Gasteiger partial charge on any atom is 0.410 e. The highest BCUT2D eigenvalue weighted by Gasteiger charge is 2.42. The molecule has 2 aliphatic rings. The van der Waals surface area contributed by atoms with Gasteiger partial charge in [0.25, 0.3) is 0 Å². The first-order valence-corrected chi connectivity index (χ1v) is 12.7. The zero-order valence-corrected chi connectivity index (χ0v) is 20.5. The normalized spacial score (nSPS) is 21.1. The van der Waals surface area contributed by atoms with Gasteiger partial charge in [0.1, 0.15) is 21.9 Å². The molecule has 2 fully saturated rings. The summed E-state index contributed by atoms with van der Waals surface area (Å²) >= 11 is 3.31. The number of piperidine rings is 1. The van der Waals surface area contributed by atoms with E-state index in [2.05, 4.69) is 16.0 Å². The lowest BCUT2D eigenvalue weighted by Crippen LogP contribution is -2.63. The Bertz CT molecular complexity index is 1110. The van der Waals surface area contributed by atoms with Gasteiger partial charge in [0.15, 0.2) is 5.13 Å². The van der Waals surface area contributed by atoms with Gasteiger partial charge in [0, 0.05) is 30.2 Å². The molecule has 7 nitrogen and oxygen atoms in total. The monoisotopic (exact) mass is 472 g/mol. The molecule has 0 radical (unpaired) electrons. The van der Waals surface area contributed by atoms with Crippen molar-refractivity contribution in [2.45, 2.75) is 57.7 Å². The summed E-state index contributed by atoms with van der Waals surface area (Å²) in [4.78, 5) is 26.7. The number of ether oxygens (including phenoxy) is 2. The van der Waals surface area contributed by atoms with E-state index in [0.29, 0.717) is 0 Å². The van der Waals surface area contributed by atoms with Crippen LogP contribution in [0.5, 0.6) is 5.75 Å². The molecular formula is C23H28N4O3S2. The Kier molecular flexibility index (Phi) is 5.49. The van der Waals surface area contributed by atoms with Gasteiger partial charge in [-0.3, -0.25) is 4.90 Å². The molecule has 1 amide bonds. The Morgan fingerprint density at radius 1 is 1.19 bits per heavy atom. The molecule has 0 N–H and O–H groups in total. The van der Waals surface area contributed by atoms with Gasteiger partial charge < -0.3 is 14.4 Å². The van der Waals surface area contributed by atoms with E-state index < -0.39 is 5.60 Å². The Hall–Kier alpha value is -2.39. The quantitative estimate of drug-likeness (QED) is 0.508. The maximum atomic E-state index is 12.9. The van der Waals surface area contributed by atoms with Crippen LogP contribution in [0, 0.1) is 0 Å². The lowest BCUT2D eigenvalue weighted by Gasteiger charge is -2.49. The first-order valence-electron chi connectivity index (χ1n) is 11.0. The fourth-order valence-electron chi connectivity index (χ4n) is 4.67. The Balaban J connectivity index is 1.47. The number of amides is 1. The van der Waals surface area contributed by atoms with E-state index in [1.807, 2.05) is 43.3 Å². The summed E-state index contributed by atoms with van der Waals surface area (Å²) in [5.41, 5.74) is 1.48. The molecule has 0 aliphatic carbocycles.